The summed E-state index contributed by atoms with van der Waals surface area (Å²) in [5.41, 5.74) is 0. The Bertz CT molecular complexity index is 297. The van der Waals surface area contributed by atoms with E-state index in [1.165, 1.54) is 6.42 Å². The van der Waals surface area contributed by atoms with Gasteiger partial charge in [0.05, 0.1) is 12.2 Å². The predicted octanol–water partition coefficient (Wildman–Crippen LogP) is 5.37. The van der Waals surface area contributed by atoms with Crippen molar-refractivity contribution in [2.75, 3.05) is 0 Å². The van der Waals surface area contributed by atoms with Crippen molar-refractivity contribution in [3.63, 3.8) is 0 Å². The molecule has 126 valence electrons. The van der Waals surface area contributed by atoms with Gasteiger partial charge in [-0.3, -0.25) is 0 Å². The SMILES string of the molecule is CC(C)C1CC(C(C)C)C(O[Si](C)(C)C)C1O[Si](C)(C)C. The number of hydrogen-bond acceptors (Lipinski definition) is 2. The van der Waals surface area contributed by atoms with Crippen molar-refractivity contribution in [1.82, 2.24) is 0 Å². The summed E-state index contributed by atoms with van der Waals surface area (Å²) < 4.78 is 13.3. The van der Waals surface area contributed by atoms with Crippen molar-refractivity contribution >= 4 is 16.6 Å². The maximum absolute atomic E-state index is 6.65. The number of hydrogen-bond donors (Lipinski definition) is 0. The summed E-state index contributed by atoms with van der Waals surface area (Å²) in [5, 5.41) is 0. The molecule has 0 aromatic heterocycles. The second kappa shape index (κ2) is 6.85. The molecule has 0 saturated heterocycles. The van der Waals surface area contributed by atoms with Crippen LogP contribution in [-0.2, 0) is 8.85 Å². The van der Waals surface area contributed by atoms with Gasteiger partial charge in [0.15, 0.2) is 16.6 Å². The fourth-order valence-corrected chi connectivity index (χ4v) is 5.75. The molecule has 0 aliphatic heterocycles. The first-order valence-electron chi connectivity index (χ1n) is 8.67. The van der Waals surface area contributed by atoms with Crippen LogP contribution in [0.4, 0.5) is 0 Å². The summed E-state index contributed by atoms with van der Waals surface area (Å²) in [5.74, 6) is 2.63. The molecule has 1 saturated carbocycles. The average molecular weight is 331 g/mol. The molecule has 0 bridgehead atoms. The van der Waals surface area contributed by atoms with E-state index in [2.05, 4.69) is 67.0 Å². The minimum Gasteiger partial charge on any atom is -0.412 e. The zero-order valence-electron chi connectivity index (χ0n) is 16.0. The van der Waals surface area contributed by atoms with Gasteiger partial charge in [0.25, 0.3) is 0 Å². The maximum Gasteiger partial charge on any atom is 0.184 e. The van der Waals surface area contributed by atoms with E-state index in [1.54, 1.807) is 0 Å². The van der Waals surface area contributed by atoms with Gasteiger partial charge in [0, 0.05) is 0 Å². The van der Waals surface area contributed by atoms with Crippen molar-refractivity contribution < 1.29 is 8.85 Å². The first kappa shape index (κ1) is 19.4. The Morgan fingerprint density at radius 3 is 1.14 bits per heavy atom. The predicted molar refractivity (Wildman–Crippen MR) is 97.7 cm³/mol. The van der Waals surface area contributed by atoms with Gasteiger partial charge in [0.2, 0.25) is 0 Å². The van der Waals surface area contributed by atoms with E-state index < -0.39 is 16.6 Å². The molecule has 0 spiro atoms. The number of rotatable bonds is 6. The molecule has 2 nitrogen and oxygen atoms in total. The van der Waals surface area contributed by atoms with Crippen LogP contribution in [0.5, 0.6) is 0 Å². The highest BCUT2D eigenvalue weighted by molar-refractivity contribution is 6.70. The molecule has 4 unspecified atom stereocenters. The van der Waals surface area contributed by atoms with E-state index in [1.807, 2.05) is 0 Å². The lowest BCUT2D eigenvalue weighted by molar-refractivity contribution is 0.0120. The van der Waals surface area contributed by atoms with Crippen molar-refractivity contribution in [2.45, 2.75) is 85.6 Å². The summed E-state index contributed by atoms with van der Waals surface area (Å²) in [7, 11) is -3.11. The minimum absolute atomic E-state index is 0.302. The molecule has 4 heteroatoms. The lowest BCUT2D eigenvalue weighted by atomic mass is 9.89. The summed E-state index contributed by atoms with van der Waals surface area (Å²) in [6, 6.07) is 0. The normalized spacial score (nSPS) is 31.4. The molecule has 0 amide bonds. The van der Waals surface area contributed by atoms with E-state index >= 15 is 0 Å². The Balaban J connectivity index is 3.07. The standard InChI is InChI=1S/C17H38O2Si2/c1-12(2)14-11-15(13(3)4)17(19-21(8,9)10)16(14)18-20(5,6)7/h12-17H,11H2,1-10H3. The quantitative estimate of drug-likeness (QED) is 0.609. The summed E-state index contributed by atoms with van der Waals surface area (Å²) in [6.07, 6.45) is 1.87. The van der Waals surface area contributed by atoms with Crippen LogP contribution in [-0.4, -0.2) is 28.8 Å². The highest BCUT2D eigenvalue weighted by Gasteiger charge is 2.49. The molecule has 1 fully saturated rings. The van der Waals surface area contributed by atoms with Crippen LogP contribution in [0.25, 0.3) is 0 Å². The Labute approximate surface area is 135 Å². The Hall–Kier alpha value is 0.354. The van der Waals surface area contributed by atoms with Crippen LogP contribution in [0.15, 0.2) is 0 Å². The topological polar surface area (TPSA) is 18.5 Å². The Kier molecular flexibility index (Phi) is 6.33. The molecule has 4 atom stereocenters. The van der Waals surface area contributed by atoms with Gasteiger partial charge in [-0.05, 0) is 69.4 Å². The zero-order valence-corrected chi connectivity index (χ0v) is 18.0. The van der Waals surface area contributed by atoms with Crippen molar-refractivity contribution in [1.29, 1.82) is 0 Å². The van der Waals surface area contributed by atoms with Gasteiger partial charge < -0.3 is 8.85 Å². The molecule has 1 aliphatic rings. The van der Waals surface area contributed by atoms with Gasteiger partial charge in [0.1, 0.15) is 0 Å². The largest absolute Gasteiger partial charge is 0.412 e. The molecular weight excluding hydrogens is 292 g/mol. The first-order valence-corrected chi connectivity index (χ1v) is 15.5. The van der Waals surface area contributed by atoms with Crippen molar-refractivity contribution in [3.05, 3.63) is 0 Å². The lowest BCUT2D eigenvalue weighted by Gasteiger charge is -2.37. The molecule has 1 rings (SSSR count). The molecule has 0 N–H and O–H groups in total. The highest BCUT2D eigenvalue weighted by Crippen LogP contribution is 2.44. The van der Waals surface area contributed by atoms with Gasteiger partial charge in [-0.15, -0.1) is 0 Å². The van der Waals surface area contributed by atoms with Crippen molar-refractivity contribution in [2.24, 2.45) is 23.7 Å². The fraction of sp³-hybridized carbons (Fsp3) is 1.00. The van der Waals surface area contributed by atoms with Gasteiger partial charge in [-0.2, -0.15) is 0 Å². The van der Waals surface area contributed by atoms with E-state index in [-0.39, 0.29) is 0 Å². The third-order valence-corrected chi connectivity index (χ3v) is 6.36. The molecule has 0 aromatic carbocycles. The summed E-state index contributed by atoms with van der Waals surface area (Å²) >= 11 is 0. The monoisotopic (exact) mass is 330 g/mol. The third kappa shape index (κ3) is 5.81. The van der Waals surface area contributed by atoms with Crippen LogP contribution >= 0.6 is 0 Å². The van der Waals surface area contributed by atoms with Gasteiger partial charge in [-0.25, -0.2) is 0 Å². The third-order valence-electron chi connectivity index (χ3n) is 4.40. The Morgan fingerprint density at radius 1 is 0.667 bits per heavy atom. The van der Waals surface area contributed by atoms with Crippen LogP contribution in [0.2, 0.25) is 39.3 Å². The fourth-order valence-electron chi connectivity index (χ4n) is 3.50. The van der Waals surface area contributed by atoms with E-state index in [4.69, 9.17) is 8.85 Å². The highest BCUT2D eigenvalue weighted by atomic mass is 28.4. The second-order valence-electron chi connectivity index (χ2n) is 9.44. The molecule has 0 heterocycles. The second-order valence-corrected chi connectivity index (χ2v) is 18.4. The summed E-state index contributed by atoms with van der Waals surface area (Å²) in [4.78, 5) is 0. The first-order chi connectivity index (χ1) is 9.32. The maximum atomic E-state index is 6.65. The minimum atomic E-state index is -1.56. The van der Waals surface area contributed by atoms with E-state index in [9.17, 15) is 0 Å². The van der Waals surface area contributed by atoms with E-state index in [0.717, 1.165) is 0 Å². The van der Waals surface area contributed by atoms with Crippen LogP contribution in [0.3, 0.4) is 0 Å². The van der Waals surface area contributed by atoms with Crippen molar-refractivity contribution in [3.8, 4) is 0 Å². The van der Waals surface area contributed by atoms with Crippen LogP contribution in [0.1, 0.15) is 34.1 Å². The van der Waals surface area contributed by atoms with E-state index in [0.29, 0.717) is 35.9 Å². The molecule has 1 aliphatic carbocycles. The molecule has 21 heavy (non-hydrogen) atoms. The molecule has 0 radical (unpaired) electrons. The van der Waals surface area contributed by atoms with Crippen LogP contribution < -0.4 is 0 Å². The summed E-state index contributed by atoms with van der Waals surface area (Å²) in [6.45, 7) is 23.2. The average Bonchev–Trinajstić information content (AvgIpc) is 2.52. The molecule has 0 aromatic rings. The van der Waals surface area contributed by atoms with Gasteiger partial charge >= 0.3 is 0 Å². The molecular formula is C17H38O2Si2. The smallest absolute Gasteiger partial charge is 0.184 e. The Morgan fingerprint density at radius 2 is 0.952 bits per heavy atom. The zero-order chi connectivity index (χ0) is 16.6. The van der Waals surface area contributed by atoms with Crippen LogP contribution in [0, 0.1) is 23.7 Å². The van der Waals surface area contributed by atoms with Gasteiger partial charge in [-0.1, -0.05) is 27.7 Å². The lowest BCUT2D eigenvalue weighted by Crippen LogP contribution is -2.47.